The minimum absolute atomic E-state index is 0.570. The third-order valence-electron chi connectivity index (χ3n) is 5.46. The van der Waals surface area contributed by atoms with Crippen LogP contribution >= 0.6 is 11.9 Å². The van der Waals surface area contributed by atoms with Crippen molar-refractivity contribution in [2.45, 2.75) is 45.0 Å². The number of rotatable bonds is 7. The van der Waals surface area contributed by atoms with E-state index < -0.39 is 0 Å². The molecule has 0 saturated heterocycles. The van der Waals surface area contributed by atoms with E-state index in [-0.39, 0.29) is 0 Å². The summed E-state index contributed by atoms with van der Waals surface area (Å²) in [6, 6.07) is 18.9. The van der Waals surface area contributed by atoms with E-state index in [1.165, 1.54) is 27.4 Å². The van der Waals surface area contributed by atoms with Crippen LogP contribution < -0.4 is 5.32 Å². The molecule has 5 nitrogen and oxygen atoms in total. The van der Waals surface area contributed by atoms with Gasteiger partial charge in [0.2, 0.25) is 6.41 Å². The van der Waals surface area contributed by atoms with Gasteiger partial charge in [-0.1, -0.05) is 48.5 Å². The predicted octanol–water partition coefficient (Wildman–Crippen LogP) is 4.74. The number of benzene rings is 2. The standard InChI is InChI=1S/C15H18N2S.C10H13NO2/c1-11-8-15(12(2)16(11)3)18-17-9-13-6-4-5-7-14(13)10-17;1-13-7-10-4-2-3-9(5-10)6-11-8-12/h4-8H,9-10H2,1-3H3;2-5,8H,6-7H2,1H3,(H,11,12). The summed E-state index contributed by atoms with van der Waals surface area (Å²) in [7, 11) is 3.80. The maximum Gasteiger partial charge on any atom is 0.207 e. The predicted molar refractivity (Wildman–Crippen MR) is 126 cm³/mol. The van der Waals surface area contributed by atoms with Gasteiger partial charge in [-0.3, -0.25) is 4.79 Å². The lowest BCUT2D eigenvalue weighted by Crippen LogP contribution is -2.09. The molecule has 0 fully saturated rings. The van der Waals surface area contributed by atoms with Gasteiger partial charge in [0.15, 0.2) is 0 Å². The van der Waals surface area contributed by atoms with Crippen LogP contribution in [0.3, 0.4) is 0 Å². The first-order valence-corrected chi connectivity index (χ1v) is 11.2. The molecule has 2 aromatic carbocycles. The van der Waals surface area contributed by atoms with Gasteiger partial charge in [-0.15, -0.1) is 0 Å². The molecule has 0 atom stereocenters. The zero-order valence-electron chi connectivity index (χ0n) is 18.7. The molecule has 1 aliphatic heterocycles. The molecule has 4 rings (SSSR count). The van der Waals surface area contributed by atoms with E-state index in [0.29, 0.717) is 19.6 Å². The van der Waals surface area contributed by atoms with E-state index >= 15 is 0 Å². The molecule has 0 spiro atoms. The fourth-order valence-corrected chi connectivity index (χ4v) is 4.75. The first-order chi connectivity index (χ1) is 15.0. The first kappa shape index (κ1) is 23.1. The maximum absolute atomic E-state index is 10.1. The average molecular weight is 438 g/mol. The zero-order valence-corrected chi connectivity index (χ0v) is 19.5. The third kappa shape index (κ3) is 6.23. The van der Waals surface area contributed by atoms with Crippen molar-refractivity contribution in [1.29, 1.82) is 0 Å². The van der Waals surface area contributed by atoms with Crippen molar-refractivity contribution in [2.75, 3.05) is 7.11 Å². The molecule has 31 heavy (non-hydrogen) atoms. The molecule has 0 saturated carbocycles. The van der Waals surface area contributed by atoms with E-state index in [1.807, 2.05) is 36.2 Å². The van der Waals surface area contributed by atoms with Crippen molar-refractivity contribution >= 4 is 18.4 Å². The number of hydrogen-bond donors (Lipinski definition) is 1. The second-order valence-electron chi connectivity index (χ2n) is 7.70. The Balaban J connectivity index is 0.000000187. The third-order valence-corrected chi connectivity index (χ3v) is 6.59. The van der Waals surface area contributed by atoms with Gasteiger partial charge in [-0.05, 0) is 54.1 Å². The molecule has 2 heterocycles. The summed E-state index contributed by atoms with van der Waals surface area (Å²) in [6.45, 7) is 7.63. The van der Waals surface area contributed by atoms with Crippen molar-refractivity contribution < 1.29 is 9.53 Å². The fourth-order valence-electron chi connectivity index (χ4n) is 3.57. The Bertz CT molecular complexity index is 991. The minimum atomic E-state index is 0.570. The number of carbonyl (C=O) groups is 1. The number of ether oxygens (including phenoxy) is 1. The number of aryl methyl sites for hydroxylation is 1. The monoisotopic (exact) mass is 437 g/mol. The van der Waals surface area contributed by atoms with Gasteiger partial charge in [-0.25, -0.2) is 4.31 Å². The lowest BCUT2D eigenvalue weighted by molar-refractivity contribution is -0.109. The van der Waals surface area contributed by atoms with Gasteiger partial charge in [0.1, 0.15) is 0 Å². The quantitative estimate of drug-likeness (QED) is 0.428. The maximum atomic E-state index is 10.1. The molecule has 1 aliphatic rings. The molecule has 0 aliphatic carbocycles. The summed E-state index contributed by atoms with van der Waals surface area (Å²) < 4.78 is 9.69. The molecule has 1 N–H and O–H groups in total. The van der Waals surface area contributed by atoms with Crippen molar-refractivity contribution in [1.82, 2.24) is 14.2 Å². The minimum Gasteiger partial charge on any atom is -0.380 e. The van der Waals surface area contributed by atoms with Gasteiger partial charge in [0.05, 0.1) is 6.61 Å². The molecular weight excluding hydrogens is 406 g/mol. The van der Waals surface area contributed by atoms with E-state index in [0.717, 1.165) is 24.2 Å². The average Bonchev–Trinajstić information content (AvgIpc) is 3.29. The second kappa shape index (κ2) is 11.2. The number of nitrogens with zero attached hydrogens (tertiary/aromatic N) is 2. The first-order valence-electron chi connectivity index (χ1n) is 10.4. The van der Waals surface area contributed by atoms with Crippen LogP contribution in [0.25, 0.3) is 0 Å². The van der Waals surface area contributed by atoms with Crippen molar-refractivity contribution in [2.24, 2.45) is 7.05 Å². The van der Waals surface area contributed by atoms with Crippen LogP contribution in [0.15, 0.2) is 59.5 Å². The Kier molecular flexibility index (Phi) is 8.35. The molecule has 0 unspecified atom stereocenters. The number of fused-ring (bicyclic) bond motifs is 1. The molecule has 0 bridgehead atoms. The molecule has 1 amide bonds. The van der Waals surface area contributed by atoms with E-state index in [1.54, 1.807) is 7.11 Å². The van der Waals surface area contributed by atoms with Gasteiger partial charge in [-0.2, -0.15) is 0 Å². The lowest BCUT2D eigenvalue weighted by Gasteiger charge is -2.13. The van der Waals surface area contributed by atoms with Gasteiger partial charge in [0, 0.05) is 50.1 Å². The second-order valence-corrected chi connectivity index (χ2v) is 8.84. The largest absolute Gasteiger partial charge is 0.380 e. The normalized spacial score (nSPS) is 12.8. The molecule has 3 aromatic rings. The highest BCUT2D eigenvalue weighted by atomic mass is 32.2. The lowest BCUT2D eigenvalue weighted by atomic mass is 10.1. The van der Waals surface area contributed by atoms with E-state index in [2.05, 4.69) is 65.4 Å². The number of methoxy groups -OCH3 is 1. The Labute approximate surface area is 189 Å². The van der Waals surface area contributed by atoms with Crippen LogP contribution in [-0.2, 0) is 42.8 Å². The Morgan fingerprint density at radius 3 is 2.29 bits per heavy atom. The van der Waals surface area contributed by atoms with Crippen molar-refractivity contribution in [3.05, 3.63) is 88.2 Å². The molecule has 0 radical (unpaired) electrons. The smallest absolute Gasteiger partial charge is 0.207 e. The van der Waals surface area contributed by atoms with Crippen LogP contribution in [0.5, 0.6) is 0 Å². The number of hydrogen-bond acceptors (Lipinski definition) is 4. The summed E-state index contributed by atoms with van der Waals surface area (Å²) in [5.41, 5.74) is 7.82. The number of carbonyl (C=O) groups excluding carboxylic acids is 1. The summed E-state index contributed by atoms with van der Waals surface area (Å²) in [5.74, 6) is 0. The summed E-state index contributed by atoms with van der Waals surface area (Å²) in [6.07, 6.45) is 0.697. The number of aromatic nitrogens is 1. The van der Waals surface area contributed by atoms with Crippen LogP contribution in [0, 0.1) is 13.8 Å². The van der Waals surface area contributed by atoms with Crippen LogP contribution in [-0.4, -0.2) is 22.4 Å². The molecular formula is C25H31N3O2S. The van der Waals surface area contributed by atoms with Gasteiger partial charge >= 0.3 is 0 Å². The van der Waals surface area contributed by atoms with Crippen LogP contribution in [0.2, 0.25) is 0 Å². The Morgan fingerprint density at radius 2 is 1.71 bits per heavy atom. The number of nitrogens with one attached hydrogen (secondary N) is 1. The molecule has 6 heteroatoms. The van der Waals surface area contributed by atoms with E-state index in [9.17, 15) is 4.79 Å². The Morgan fingerprint density at radius 1 is 1.03 bits per heavy atom. The topological polar surface area (TPSA) is 46.5 Å². The SMILES string of the molecule is COCc1cccc(CNC=O)c1.Cc1cc(SN2Cc3ccccc3C2)c(C)n1C. The van der Waals surface area contributed by atoms with Crippen LogP contribution in [0.1, 0.15) is 33.6 Å². The van der Waals surface area contributed by atoms with Crippen molar-refractivity contribution in [3.63, 3.8) is 0 Å². The summed E-state index contributed by atoms with van der Waals surface area (Å²) in [5, 5.41) is 2.61. The highest BCUT2D eigenvalue weighted by Gasteiger charge is 2.20. The summed E-state index contributed by atoms with van der Waals surface area (Å²) in [4.78, 5) is 11.4. The molecule has 1 aromatic heterocycles. The Hall–Kier alpha value is -2.54. The van der Waals surface area contributed by atoms with Crippen LogP contribution in [0.4, 0.5) is 0 Å². The fraction of sp³-hybridized carbons (Fsp3) is 0.320. The number of amides is 1. The molecule has 164 valence electrons. The van der Waals surface area contributed by atoms with Gasteiger partial charge in [0.25, 0.3) is 0 Å². The van der Waals surface area contributed by atoms with E-state index in [4.69, 9.17) is 4.74 Å². The highest BCUT2D eigenvalue weighted by Crippen LogP contribution is 2.35. The van der Waals surface area contributed by atoms with Gasteiger partial charge < -0.3 is 14.6 Å². The van der Waals surface area contributed by atoms with Crippen molar-refractivity contribution in [3.8, 4) is 0 Å². The summed E-state index contributed by atoms with van der Waals surface area (Å²) >= 11 is 1.88. The highest BCUT2D eigenvalue weighted by molar-refractivity contribution is 7.97. The zero-order chi connectivity index (χ0) is 22.2.